The van der Waals surface area contributed by atoms with Crippen molar-refractivity contribution < 1.29 is 18.0 Å². The first-order valence-electron chi connectivity index (χ1n) is 8.93. The van der Waals surface area contributed by atoms with Crippen molar-refractivity contribution in [1.29, 1.82) is 0 Å². The molecule has 2 aromatic carbocycles. The van der Waals surface area contributed by atoms with Crippen molar-refractivity contribution in [2.24, 2.45) is 0 Å². The first kappa shape index (κ1) is 20.6. The zero-order valence-corrected chi connectivity index (χ0v) is 16.7. The molecule has 7 nitrogen and oxygen atoms in total. The summed E-state index contributed by atoms with van der Waals surface area (Å²) in [6.07, 6.45) is -0.550. The summed E-state index contributed by atoms with van der Waals surface area (Å²) < 4.78 is 42.7. The highest BCUT2D eigenvalue weighted by atomic mass is 35.5. The van der Waals surface area contributed by atoms with E-state index in [4.69, 9.17) is 11.6 Å². The molecule has 4 rings (SSSR count). The van der Waals surface area contributed by atoms with Gasteiger partial charge in [-0.3, -0.25) is 4.79 Å². The van der Waals surface area contributed by atoms with E-state index < -0.39 is 17.6 Å². The molecule has 0 bridgehead atoms. The molecule has 4 aromatic rings. The van der Waals surface area contributed by atoms with E-state index in [0.717, 1.165) is 10.7 Å². The zero-order chi connectivity index (χ0) is 22.2. The fourth-order valence-corrected chi connectivity index (χ4v) is 3.28. The third-order valence-electron chi connectivity index (χ3n) is 4.56. The highest BCUT2D eigenvalue weighted by molar-refractivity contribution is 6.31. The second-order valence-electron chi connectivity index (χ2n) is 6.53. The fourth-order valence-electron chi connectivity index (χ4n) is 3.10. The number of nitrogens with one attached hydrogen (secondary N) is 1. The van der Waals surface area contributed by atoms with E-state index in [2.05, 4.69) is 20.5 Å². The molecule has 0 fully saturated rings. The zero-order valence-electron chi connectivity index (χ0n) is 15.9. The van der Waals surface area contributed by atoms with Crippen LogP contribution in [0, 0.1) is 6.92 Å². The van der Waals surface area contributed by atoms with Gasteiger partial charge in [-0.05, 0) is 37.3 Å². The van der Waals surface area contributed by atoms with Crippen molar-refractivity contribution in [3.05, 3.63) is 83.2 Å². The number of anilines is 1. The topological polar surface area (TPSA) is 77.6 Å². The standard InChI is InChI=1S/C20H14ClF3N6O/c1-12-14(9-26-30(12)17-5-3-2-4-15(17)20(22,23)24)19(31)28-16-8-13(21)6-7-18(16)29-11-25-10-27-29/h2-11H,1H3,(H,28,31). The molecular formula is C20H14ClF3N6O. The number of hydrogen-bond donors (Lipinski definition) is 1. The van der Waals surface area contributed by atoms with Crippen LogP contribution >= 0.6 is 11.6 Å². The second-order valence-corrected chi connectivity index (χ2v) is 6.96. The summed E-state index contributed by atoms with van der Waals surface area (Å²) in [6.45, 7) is 1.52. The molecule has 0 radical (unpaired) electrons. The average molecular weight is 447 g/mol. The minimum atomic E-state index is -4.56. The van der Waals surface area contributed by atoms with Crippen molar-refractivity contribution in [3.63, 3.8) is 0 Å². The number of aromatic nitrogens is 5. The molecule has 2 heterocycles. The van der Waals surface area contributed by atoms with Crippen LogP contribution in [0.3, 0.4) is 0 Å². The Hall–Kier alpha value is -3.66. The molecule has 0 unspecified atom stereocenters. The minimum Gasteiger partial charge on any atom is -0.320 e. The molecule has 0 aliphatic rings. The average Bonchev–Trinajstić information content (AvgIpc) is 3.37. The molecule has 0 saturated heterocycles. The van der Waals surface area contributed by atoms with Gasteiger partial charge < -0.3 is 5.32 Å². The highest BCUT2D eigenvalue weighted by Gasteiger charge is 2.34. The lowest BCUT2D eigenvalue weighted by atomic mass is 10.1. The van der Waals surface area contributed by atoms with Crippen LogP contribution in [-0.4, -0.2) is 30.5 Å². The molecule has 0 atom stereocenters. The van der Waals surface area contributed by atoms with Crippen LogP contribution in [0.5, 0.6) is 0 Å². The molecule has 11 heteroatoms. The predicted molar refractivity (Wildman–Crippen MR) is 108 cm³/mol. The number of carbonyl (C=O) groups is 1. The Bertz CT molecular complexity index is 1250. The van der Waals surface area contributed by atoms with E-state index >= 15 is 0 Å². The highest BCUT2D eigenvalue weighted by Crippen LogP contribution is 2.34. The van der Waals surface area contributed by atoms with E-state index in [0.29, 0.717) is 16.4 Å². The minimum absolute atomic E-state index is 0.112. The molecular weight excluding hydrogens is 433 g/mol. The van der Waals surface area contributed by atoms with Gasteiger partial charge in [0.25, 0.3) is 5.91 Å². The maximum absolute atomic E-state index is 13.4. The molecule has 0 aliphatic heterocycles. The van der Waals surface area contributed by atoms with Crippen LogP contribution in [0.1, 0.15) is 21.6 Å². The molecule has 31 heavy (non-hydrogen) atoms. The van der Waals surface area contributed by atoms with Gasteiger partial charge in [-0.2, -0.15) is 23.4 Å². The number of rotatable bonds is 4. The van der Waals surface area contributed by atoms with E-state index in [1.165, 1.54) is 54.7 Å². The molecule has 1 amide bonds. The monoisotopic (exact) mass is 446 g/mol. The molecule has 0 aliphatic carbocycles. The molecule has 1 N–H and O–H groups in total. The number of halogens is 4. The lowest BCUT2D eigenvalue weighted by Crippen LogP contribution is -2.16. The normalized spacial score (nSPS) is 11.5. The van der Waals surface area contributed by atoms with E-state index in [-0.39, 0.29) is 16.9 Å². The van der Waals surface area contributed by atoms with Crippen molar-refractivity contribution in [2.45, 2.75) is 13.1 Å². The molecule has 2 aromatic heterocycles. The summed E-state index contributed by atoms with van der Waals surface area (Å²) in [5.41, 5.74) is 0.211. The third-order valence-corrected chi connectivity index (χ3v) is 4.80. The lowest BCUT2D eigenvalue weighted by Gasteiger charge is -2.14. The molecule has 0 spiro atoms. The Kier molecular flexibility index (Phi) is 5.24. The van der Waals surface area contributed by atoms with Crippen molar-refractivity contribution in [1.82, 2.24) is 24.5 Å². The summed E-state index contributed by atoms with van der Waals surface area (Å²) in [5, 5.41) is 11.2. The van der Waals surface area contributed by atoms with Crippen LogP contribution in [0.25, 0.3) is 11.4 Å². The summed E-state index contributed by atoms with van der Waals surface area (Å²) in [5.74, 6) is -0.558. The van der Waals surface area contributed by atoms with Crippen LogP contribution in [0.4, 0.5) is 18.9 Å². The second kappa shape index (κ2) is 7.88. The van der Waals surface area contributed by atoms with E-state index in [1.54, 1.807) is 12.1 Å². The Morgan fingerprint density at radius 1 is 1.10 bits per heavy atom. The van der Waals surface area contributed by atoms with Gasteiger partial charge >= 0.3 is 6.18 Å². The summed E-state index contributed by atoms with van der Waals surface area (Å²) in [4.78, 5) is 16.8. The van der Waals surface area contributed by atoms with Crippen LogP contribution in [-0.2, 0) is 6.18 Å². The fraction of sp³-hybridized carbons (Fsp3) is 0.100. The number of carbonyl (C=O) groups excluding carboxylic acids is 1. The van der Waals surface area contributed by atoms with Crippen molar-refractivity contribution in [2.75, 3.05) is 5.32 Å². The first-order chi connectivity index (χ1) is 14.8. The first-order valence-corrected chi connectivity index (χ1v) is 9.30. The van der Waals surface area contributed by atoms with Gasteiger partial charge in [-0.1, -0.05) is 23.7 Å². The Morgan fingerprint density at radius 3 is 2.58 bits per heavy atom. The summed E-state index contributed by atoms with van der Waals surface area (Å²) in [6, 6.07) is 9.85. The van der Waals surface area contributed by atoms with Gasteiger partial charge in [0, 0.05) is 5.02 Å². The van der Waals surface area contributed by atoms with Crippen molar-refractivity contribution in [3.8, 4) is 11.4 Å². The van der Waals surface area contributed by atoms with Crippen LogP contribution in [0.15, 0.2) is 61.3 Å². The molecule has 158 valence electrons. The number of amides is 1. The Labute approximate surface area is 179 Å². The maximum Gasteiger partial charge on any atom is 0.418 e. The van der Waals surface area contributed by atoms with E-state index in [9.17, 15) is 18.0 Å². The quantitative estimate of drug-likeness (QED) is 0.493. The summed E-state index contributed by atoms with van der Waals surface area (Å²) >= 11 is 6.06. The van der Waals surface area contributed by atoms with Gasteiger partial charge in [0.05, 0.1) is 40.1 Å². The van der Waals surface area contributed by atoms with E-state index in [1.807, 2.05) is 0 Å². The Balaban J connectivity index is 1.69. The van der Waals surface area contributed by atoms with Gasteiger partial charge in [0.1, 0.15) is 12.7 Å². The number of benzene rings is 2. The van der Waals surface area contributed by atoms with Crippen LogP contribution in [0.2, 0.25) is 5.02 Å². The van der Waals surface area contributed by atoms with Gasteiger partial charge in [0.15, 0.2) is 0 Å². The third kappa shape index (κ3) is 4.02. The lowest BCUT2D eigenvalue weighted by molar-refractivity contribution is -0.137. The van der Waals surface area contributed by atoms with Crippen LogP contribution < -0.4 is 5.32 Å². The van der Waals surface area contributed by atoms with Gasteiger partial charge in [0.2, 0.25) is 0 Å². The predicted octanol–water partition coefficient (Wildman–Crippen LogP) is 4.69. The van der Waals surface area contributed by atoms with Gasteiger partial charge in [-0.25, -0.2) is 14.3 Å². The Morgan fingerprint density at radius 2 is 1.87 bits per heavy atom. The number of alkyl halides is 3. The van der Waals surface area contributed by atoms with Gasteiger partial charge in [-0.15, -0.1) is 0 Å². The number of nitrogens with zero attached hydrogens (tertiary/aromatic N) is 5. The SMILES string of the molecule is Cc1c(C(=O)Nc2cc(Cl)ccc2-n2cncn2)cnn1-c1ccccc1C(F)(F)F. The molecule has 0 saturated carbocycles. The smallest absolute Gasteiger partial charge is 0.320 e. The number of hydrogen-bond acceptors (Lipinski definition) is 4. The largest absolute Gasteiger partial charge is 0.418 e. The number of para-hydroxylation sites is 1. The maximum atomic E-state index is 13.4. The van der Waals surface area contributed by atoms with Crippen molar-refractivity contribution >= 4 is 23.2 Å². The summed E-state index contributed by atoms with van der Waals surface area (Å²) in [7, 11) is 0.